The number of benzene rings is 1. The fraction of sp³-hybridized carbons (Fsp3) is 0.500. The lowest BCUT2D eigenvalue weighted by Gasteiger charge is -2.61. The smallest absolute Gasteiger partial charge is 0.250 e. The lowest BCUT2D eigenvalue weighted by atomic mass is 9.49. The second-order valence-corrected chi connectivity index (χ2v) is 11.1. The van der Waals surface area contributed by atoms with Crippen LogP contribution in [-0.4, -0.2) is 45.2 Å². The maximum Gasteiger partial charge on any atom is 0.250 e. The Hall–Kier alpha value is -2.90. The van der Waals surface area contributed by atoms with Crippen LogP contribution in [0.25, 0.3) is 5.69 Å². The van der Waals surface area contributed by atoms with Crippen LogP contribution >= 0.6 is 0 Å². The molecule has 1 aromatic carbocycles. The molecule has 1 saturated heterocycles. The van der Waals surface area contributed by atoms with E-state index in [-0.39, 0.29) is 11.6 Å². The van der Waals surface area contributed by atoms with E-state index in [1.54, 1.807) is 19.4 Å². The van der Waals surface area contributed by atoms with Crippen molar-refractivity contribution in [3.05, 3.63) is 74.5 Å². The number of aliphatic hydroxyl groups is 1. The van der Waals surface area contributed by atoms with Crippen LogP contribution in [0.5, 0.6) is 5.75 Å². The van der Waals surface area contributed by atoms with Crippen LogP contribution < -0.4 is 15.6 Å². The number of rotatable bonds is 4. The number of nitrogens with one attached hydrogen (secondary N) is 2. The molecule has 0 spiro atoms. The summed E-state index contributed by atoms with van der Waals surface area (Å²) in [5.41, 5.74) is 6.43. The van der Waals surface area contributed by atoms with Gasteiger partial charge in [0.1, 0.15) is 5.75 Å². The van der Waals surface area contributed by atoms with Gasteiger partial charge in [0.15, 0.2) is 0 Å². The van der Waals surface area contributed by atoms with Crippen molar-refractivity contribution < 1.29 is 9.84 Å². The number of pyridine rings is 1. The number of hydrogen-bond acceptors (Lipinski definition) is 5. The number of methoxy groups -OCH3 is 1. The van der Waals surface area contributed by atoms with E-state index >= 15 is 0 Å². The van der Waals surface area contributed by atoms with Crippen LogP contribution in [0, 0.1) is 12.8 Å². The van der Waals surface area contributed by atoms with Gasteiger partial charge in [0.25, 0.3) is 0 Å². The van der Waals surface area contributed by atoms with Crippen molar-refractivity contribution in [2.75, 3.05) is 13.7 Å². The molecule has 0 radical (unpaired) electrons. The fourth-order valence-corrected chi connectivity index (χ4v) is 7.40. The van der Waals surface area contributed by atoms with E-state index in [2.05, 4.69) is 22.4 Å². The maximum absolute atomic E-state index is 12.6. The molecule has 7 heteroatoms. The van der Waals surface area contributed by atoms with Gasteiger partial charge >= 0.3 is 0 Å². The van der Waals surface area contributed by atoms with Crippen molar-refractivity contribution in [1.29, 1.82) is 0 Å². The van der Waals surface area contributed by atoms with Crippen molar-refractivity contribution in [2.24, 2.45) is 5.92 Å². The van der Waals surface area contributed by atoms with Gasteiger partial charge in [-0.15, -0.1) is 0 Å². The number of nitrogens with zero attached hydrogens (tertiary/aromatic N) is 2. The molecule has 2 bridgehead atoms. The predicted molar refractivity (Wildman–Crippen MR) is 132 cm³/mol. The molecule has 3 aromatic rings. The number of aromatic nitrogens is 3. The van der Waals surface area contributed by atoms with E-state index in [9.17, 15) is 9.90 Å². The van der Waals surface area contributed by atoms with Crippen LogP contribution in [0.4, 0.5) is 0 Å². The van der Waals surface area contributed by atoms with Gasteiger partial charge in [0, 0.05) is 42.3 Å². The molecular formula is C28H32N4O3. The number of ether oxygens (including phenoxy) is 1. The van der Waals surface area contributed by atoms with Gasteiger partial charge in [-0.2, -0.15) is 5.10 Å². The lowest BCUT2D eigenvalue weighted by Crippen LogP contribution is -2.73. The highest BCUT2D eigenvalue weighted by atomic mass is 16.5. The van der Waals surface area contributed by atoms with E-state index in [1.165, 1.54) is 29.5 Å². The molecule has 35 heavy (non-hydrogen) atoms. The van der Waals surface area contributed by atoms with Crippen molar-refractivity contribution in [3.63, 3.8) is 0 Å². The summed E-state index contributed by atoms with van der Waals surface area (Å²) in [5.74, 6) is 1.66. The van der Waals surface area contributed by atoms with E-state index < -0.39 is 11.0 Å². The molecule has 182 valence electrons. The third-order valence-corrected chi connectivity index (χ3v) is 9.23. The predicted octanol–water partition coefficient (Wildman–Crippen LogP) is 2.52. The molecule has 2 aromatic heterocycles. The summed E-state index contributed by atoms with van der Waals surface area (Å²) in [6.07, 6.45) is 8.18. The first-order chi connectivity index (χ1) is 16.9. The molecule has 3 N–H and O–H groups in total. The Morgan fingerprint density at radius 2 is 2.11 bits per heavy atom. The zero-order chi connectivity index (χ0) is 23.9. The SMILES string of the molecule is COc1ccc2c(c1CC1CC1)[C@]13CCN[C@H](C2)[C@]1(O)Cc1c(C)nn(-c2cc[nH]c(=O)c2)c1C3. The normalized spacial score (nSPS) is 28.7. The van der Waals surface area contributed by atoms with Gasteiger partial charge in [0.05, 0.1) is 24.1 Å². The summed E-state index contributed by atoms with van der Waals surface area (Å²) in [5, 5.41) is 21.2. The number of H-pyrrole nitrogens is 1. The minimum Gasteiger partial charge on any atom is -0.496 e. The van der Waals surface area contributed by atoms with Crippen LogP contribution in [-0.2, 0) is 31.1 Å². The van der Waals surface area contributed by atoms with Crippen LogP contribution in [0.15, 0.2) is 35.3 Å². The lowest BCUT2D eigenvalue weighted by molar-refractivity contribution is -0.106. The summed E-state index contributed by atoms with van der Waals surface area (Å²) < 4.78 is 7.86. The standard InChI is InChI=1S/C28H32N4O3/c1-16-21-14-28(34)24-12-18-5-6-23(35-2)20(11-17-3-4-17)26(18)27(28,8-10-29-24)15-22(21)32(31-16)19-7-9-30-25(33)13-19/h5-7,9,13,17,24,29,34H,3-4,8,10-12,14-15H2,1-2H3,(H,30,33)/t24-,27-,28-/m1/s1. The van der Waals surface area contributed by atoms with E-state index in [1.807, 2.05) is 17.7 Å². The van der Waals surface area contributed by atoms with E-state index in [0.29, 0.717) is 18.8 Å². The largest absolute Gasteiger partial charge is 0.496 e. The van der Waals surface area contributed by atoms with Crippen molar-refractivity contribution in [2.45, 2.75) is 68.9 Å². The summed E-state index contributed by atoms with van der Waals surface area (Å²) >= 11 is 0. The number of piperidine rings is 1. The summed E-state index contributed by atoms with van der Waals surface area (Å²) in [6.45, 7) is 2.89. The summed E-state index contributed by atoms with van der Waals surface area (Å²) in [7, 11) is 1.76. The van der Waals surface area contributed by atoms with Crippen molar-refractivity contribution >= 4 is 0 Å². The average Bonchev–Trinajstić information content (AvgIpc) is 3.60. The maximum atomic E-state index is 12.6. The number of hydrogen-bond donors (Lipinski definition) is 3. The molecule has 7 rings (SSSR count). The van der Waals surface area contributed by atoms with Gasteiger partial charge in [-0.05, 0) is 85.9 Å². The molecule has 7 nitrogen and oxygen atoms in total. The van der Waals surface area contributed by atoms with Crippen LogP contribution in [0.2, 0.25) is 0 Å². The molecule has 3 aliphatic carbocycles. The molecular weight excluding hydrogens is 440 g/mol. The Morgan fingerprint density at radius 3 is 2.89 bits per heavy atom. The zero-order valence-electron chi connectivity index (χ0n) is 20.4. The minimum absolute atomic E-state index is 0.00129. The second-order valence-electron chi connectivity index (χ2n) is 11.1. The fourth-order valence-electron chi connectivity index (χ4n) is 7.40. The monoisotopic (exact) mass is 472 g/mol. The van der Waals surface area contributed by atoms with E-state index in [4.69, 9.17) is 9.84 Å². The first kappa shape index (κ1) is 21.4. The van der Waals surface area contributed by atoms with Gasteiger partial charge in [-0.3, -0.25) is 4.79 Å². The first-order valence-electron chi connectivity index (χ1n) is 12.8. The third-order valence-electron chi connectivity index (χ3n) is 9.23. The molecule has 4 aliphatic rings. The zero-order valence-corrected chi connectivity index (χ0v) is 20.4. The van der Waals surface area contributed by atoms with Crippen LogP contribution in [0.3, 0.4) is 0 Å². The highest BCUT2D eigenvalue weighted by molar-refractivity contribution is 5.58. The quantitative estimate of drug-likeness (QED) is 0.543. The Balaban J connectivity index is 1.48. The molecule has 1 saturated carbocycles. The summed E-state index contributed by atoms with van der Waals surface area (Å²) in [6, 6.07) is 7.86. The van der Waals surface area contributed by atoms with Gasteiger partial charge < -0.3 is 20.1 Å². The van der Waals surface area contributed by atoms with Gasteiger partial charge in [-0.1, -0.05) is 6.07 Å². The van der Waals surface area contributed by atoms with Gasteiger partial charge in [-0.25, -0.2) is 4.68 Å². The molecule has 0 amide bonds. The number of aromatic amines is 1. The first-order valence-corrected chi connectivity index (χ1v) is 12.8. The molecule has 2 fully saturated rings. The third kappa shape index (κ3) is 2.91. The highest BCUT2D eigenvalue weighted by Crippen LogP contribution is 2.58. The Bertz CT molecular complexity index is 1400. The van der Waals surface area contributed by atoms with Crippen molar-refractivity contribution in [3.8, 4) is 11.4 Å². The Morgan fingerprint density at radius 1 is 1.26 bits per heavy atom. The number of aryl methyl sites for hydroxylation is 1. The molecule has 3 atom stereocenters. The Labute approximate surface area is 204 Å². The summed E-state index contributed by atoms with van der Waals surface area (Å²) in [4.78, 5) is 14.8. The molecule has 1 aliphatic heterocycles. The molecule has 0 unspecified atom stereocenters. The topological polar surface area (TPSA) is 92.2 Å². The highest BCUT2D eigenvalue weighted by Gasteiger charge is 2.64. The minimum atomic E-state index is -0.900. The van der Waals surface area contributed by atoms with Gasteiger partial charge in [0.2, 0.25) is 5.56 Å². The second kappa shape index (κ2) is 7.31. The number of fused-ring (bicyclic) bond motifs is 2. The average molecular weight is 473 g/mol. The van der Waals surface area contributed by atoms with Crippen LogP contribution in [0.1, 0.15) is 52.9 Å². The van der Waals surface area contributed by atoms with E-state index in [0.717, 1.165) is 54.2 Å². The molecule has 3 heterocycles. The Kier molecular flexibility index (Phi) is 4.46. The van der Waals surface area contributed by atoms with Crippen molar-refractivity contribution in [1.82, 2.24) is 20.1 Å².